The molecule has 7 heteroatoms. The van der Waals surface area contributed by atoms with Crippen LogP contribution in [0.1, 0.15) is 22.8 Å². The molecule has 0 aliphatic rings. The molecule has 6 nitrogen and oxygen atoms in total. The number of hydrogen-bond donors (Lipinski definition) is 3. The summed E-state index contributed by atoms with van der Waals surface area (Å²) >= 11 is 0. The zero-order valence-corrected chi connectivity index (χ0v) is 11.4. The molecule has 0 fully saturated rings. The summed E-state index contributed by atoms with van der Waals surface area (Å²) in [6.07, 6.45) is 0. The Morgan fingerprint density at radius 2 is 2.16 bits per heavy atom. The van der Waals surface area contributed by atoms with E-state index in [0.29, 0.717) is 29.2 Å². The number of carbonyl (C=O) groups is 1. The molecule has 0 radical (unpaired) electrons. The number of nitrogens with one attached hydrogen (secondary N) is 1. The third-order valence-electron chi connectivity index (χ3n) is 2.47. The third-order valence-corrected chi connectivity index (χ3v) is 3.77. The molecule has 0 spiro atoms. The number of nitrogens with zero attached hydrogens (tertiary/aromatic N) is 1. The number of benzene rings is 1. The topological polar surface area (TPSA) is 105 Å². The summed E-state index contributed by atoms with van der Waals surface area (Å²) in [6.45, 7) is 2.19. The Balaban J connectivity index is 2.65. The van der Waals surface area contributed by atoms with Gasteiger partial charge in [0.15, 0.2) is 5.84 Å². The lowest BCUT2D eigenvalue weighted by molar-refractivity contribution is 0.0956. The van der Waals surface area contributed by atoms with Crippen molar-refractivity contribution in [3.63, 3.8) is 0 Å². The number of rotatable bonds is 6. The van der Waals surface area contributed by atoms with Crippen LogP contribution < -0.4 is 11.1 Å². The van der Waals surface area contributed by atoms with E-state index in [0.717, 1.165) is 0 Å². The Morgan fingerprint density at radius 3 is 2.79 bits per heavy atom. The molecular weight excluding hydrogens is 266 g/mol. The van der Waals surface area contributed by atoms with Gasteiger partial charge in [0.2, 0.25) is 0 Å². The van der Waals surface area contributed by atoms with E-state index in [1.165, 1.54) is 6.07 Å². The lowest BCUT2D eigenvalue weighted by Gasteiger charge is -2.06. The first kappa shape index (κ1) is 15.2. The third kappa shape index (κ3) is 4.70. The second-order valence-corrected chi connectivity index (χ2v) is 5.62. The van der Waals surface area contributed by atoms with Gasteiger partial charge >= 0.3 is 0 Å². The summed E-state index contributed by atoms with van der Waals surface area (Å²) in [5.74, 6) is 0.680. The van der Waals surface area contributed by atoms with Crippen molar-refractivity contribution in [2.45, 2.75) is 6.92 Å². The van der Waals surface area contributed by atoms with E-state index in [4.69, 9.17) is 10.9 Å². The van der Waals surface area contributed by atoms with Gasteiger partial charge in [-0.1, -0.05) is 24.2 Å². The largest absolute Gasteiger partial charge is 0.409 e. The Bertz CT molecular complexity index is 503. The number of carbonyl (C=O) groups excluding carboxylic acids is 1. The highest BCUT2D eigenvalue weighted by Crippen LogP contribution is 2.05. The van der Waals surface area contributed by atoms with Crippen molar-refractivity contribution in [3.8, 4) is 0 Å². The SMILES string of the molecule is CCS(=O)CCNC(=O)c1cccc(/C(N)=N/O)c1. The minimum absolute atomic E-state index is 0.0539. The first-order valence-electron chi connectivity index (χ1n) is 5.79. The fraction of sp³-hybridized carbons (Fsp3) is 0.333. The number of amidine groups is 1. The molecule has 0 heterocycles. The van der Waals surface area contributed by atoms with Crippen molar-refractivity contribution in [2.24, 2.45) is 10.9 Å². The highest BCUT2D eigenvalue weighted by molar-refractivity contribution is 7.84. The minimum Gasteiger partial charge on any atom is -0.409 e. The predicted molar refractivity (Wildman–Crippen MR) is 74.8 cm³/mol. The second-order valence-electron chi connectivity index (χ2n) is 3.75. The lowest BCUT2D eigenvalue weighted by Crippen LogP contribution is -2.28. The van der Waals surface area contributed by atoms with Crippen molar-refractivity contribution >= 4 is 22.5 Å². The predicted octanol–water partition coefficient (Wildman–Crippen LogP) is 0.280. The average molecular weight is 283 g/mol. The van der Waals surface area contributed by atoms with Crippen molar-refractivity contribution in [1.82, 2.24) is 5.32 Å². The standard InChI is InChI=1S/C12H17N3O3S/c1-2-19(18)7-6-14-12(16)10-5-3-4-9(8-10)11(13)15-17/h3-5,8,17H,2,6-7H2,1H3,(H2,13,15)(H,14,16). The molecule has 0 saturated heterocycles. The molecule has 1 amide bonds. The molecule has 1 unspecified atom stereocenters. The number of hydrogen-bond acceptors (Lipinski definition) is 4. The summed E-state index contributed by atoms with van der Waals surface area (Å²) in [6, 6.07) is 6.44. The molecule has 0 aliphatic carbocycles. The Hall–Kier alpha value is -1.89. The van der Waals surface area contributed by atoms with Gasteiger partial charge in [0, 0.05) is 40.0 Å². The van der Waals surface area contributed by atoms with E-state index >= 15 is 0 Å². The van der Waals surface area contributed by atoms with Crippen LogP contribution >= 0.6 is 0 Å². The zero-order valence-electron chi connectivity index (χ0n) is 10.6. The van der Waals surface area contributed by atoms with E-state index in [9.17, 15) is 9.00 Å². The zero-order chi connectivity index (χ0) is 14.3. The van der Waals surface area contributed by atoms with Gasteiger partial charge in [-0.25, -0.2) is 0 Å². The monoisotopic (exact) mass is 283 g/mol. The van der Waals surface area contributed by atoms with Crippen LogP contribution in [-0.2, 0) is 10.8 Å². The van der Waals surface area contributed by atoms with Crippen LogP contribution in [0.2, 0.25) is 0 Å². The van der Waals surface area contributed by atoms with Crippen molar-refractivity contribution in [3.05, 3.63) is 35.4 Å². The molecule has 1 rings (SSSR count). The van der Waals surface area contributed by atoms with Crippen LogP contribution in [0.15, 0.2) is 29.4 Å². The van der Waals surface area contributed by atoms with E-state index in [2.05, 4.69) is 10.5 Å². The smallest absolute Gasteiger partial charge is 0.251 e. The van der Waals surface area contributed by atoms with Crippen LogP contribution in [-0.4, -0.2) is 39.2 Å². The molecule has 19 heavy (non-hydrogen) atoms. The van der Waals surface area contributed by atoms with Gasteiger partial charge in [-0.3, -0.25) is 9.00 Å². The van der Waals surface area contributed by atoms with Crippen LogP contribution in [0.5, 0.6) is 0 Å². The Kier molecular flexibility index (Phi) is 6.01. The summed E-state index contributed by atoms with van der Waals surface area (Å²) in [7, 11) is -0.900. The highest BCUT2D eigenvalue weighted by Gasteiger charge is 2.08. The molecule has 1 aromatic carbocycles. The van der Waals surface area contributed by atoms with Crippen LogP contribution in [0.4, 0.5) is 0 Å². The molecule has 104 valence electrons. The first-order chi connectivity index (χ1) is 9.08. The molecule has 1 aromatic rings. The fourth-order valence-corrected chi connectivity index (χ4v) is 2.02. The van der Waals surface area contributed by atoms with Crippen LogP contribution in [0.3, 0.4) is 0 Å². The van der Waals surface area contributed by atoms with E-state index in [1.807, 2.05) is 6.92 Å². The van der Waals surface area contributed by atoms with Gasteiger partial charge in [0.1, 0.15) is 0 Å². The maximum absolute atomic E-state index is 11.8. The Morgan fingerprint density at radius 1 is 1.47 bits per heavy atom. The number of oxime groups is 1. The van der Waals surface area contributed by atoms with E-state index in [1.54, 1.807) is 18.2 Å². The summed E-state index contributed by atoms with van der Waals surface area (Å²) in [5, 5.41) is 14.1. The lowest BCUT2D eigenvalue weighted by atomic mass is 10.1. The second kappa shape index (κ2) is 7.52. The molecule has 4 N–H and O–H groups in total. The Labute approximate surface area is 114 Å². The van der Waals surface area contributed by atoms with Gasteiger partial charge < -0.3 is 16.3 Å². The van der Waals surface area contributed by atoms with E-state index in [-0.39, 0.29) is 11.7 Å². The van der Waals surface area contributed by atoms with E-state index < -0.39 is 10.8 Å². The molecule has 1 atom stereocenters. The van der Waals surface area contributed by atoms with Gasteiger partial charge in [-0.2, -0.15) is 0 Å². The minimum atomic E-state index is -0.900. The maximum Gasteiger partial charge on any atom is 0.251 e. The molecule has 0 aromatic heterocycles. The van der Waals surface area contributed by atoms with Gasteiger partial charge in [0.05, 0.1) is 0 Å². The van der Waals surface area contributed by atoms with Crippen LogP contribution in [0, 0.1) is 0 Å². The quantitative estimate of drug-likeness (QED) is 0.302. The normalized spacial score (nSPS) is 13.0. The van der Waals surface area contributed by atoms with Crippen molar-refractivity contribution < 1.29 is 14.2 Å². The summed E-state index contributed by atoms with van der Waals surface area (Å²) in [5.41, 5.74) is 6.32. The molecular formula is C12H17N3O3S. The molecule has 0 saturated carbocycles. The van der Waals surface area contributed by atoms with Crippen LogP contribution in [0.25, 0.3) is 0 Å². The summed E-state index contributed by atoms with van der Waals surface area (Å²) < 4.78 is 11.2. The highest BCUT2D eigenvalue weighted by atomic mass is 32.2. The molecule has 0 bridgehead atoms. The maximum atomic E-state index is 11.8. The van der Waals surface area contributed by atoms with Gasteiger partial charge in [-0.15, -0.1) is 0 Å². The summed E-state index contributed by atoms with van der Waals surface area (Å²) in [4.78, 5) is 11.8. The van der Waals surface area contributed by atoms with Crippen molar-refractivity contribution in [1.29, 1.82) is 0 Å². The number of amides is 1. The van der Waals surface area contributed by atoms with Gasteiger partial charge in [-0.05, 0) is 12.1 Å². The van der Waals surface area contributed by atoms with Gasteiger partial charge in [0.25, 0.3) is 5.91 Å². The molecule has 0 aliphatic heterocycles. The first-order valence-corrected chi connectivity index (χ1v) is 7.28. The van der Waals surface area contributed by atoms with Crippen molar-refractivity contribution in [2.75, 3.05) is 18.1 Å². The average Bonchev–Trinajstić information content (AvgIpc) is 2.46. The number of nitrogens with two attached hydrogens (primary N) is 1. The fourth-order valence-electron chi connectivity index (χ4n) is 1.40.